The summed E-state index contributed by atoms with van der Waals surface area (Å²) in [7, 11) is 0. The van der Waals surface area contributed by atoms with E-state index in [0.717, 1.165) is 56.8 Å². The molecule has 126 valence electrons. The topological polar surface area (TPSA) is 53.5 Å². The number of hydrogen-bond acceptors (Lipinski definition) is 6. The Hall–Kier alpha value is -2.34. The summed E-state index contributed by atoms with van der Waals surface area (Å²) in [6, 6.07) is 10.3. The molecule has 4 rings (SSSR count). The minimum Gasteiger partial charge on any atom is -0.378 e. The van der Waals surface area contributed by atoms with Crippen molar-refractivity contribution in [2.24, 2.45) is 0 Å². The van der Waals surface area contributed by atoms with Crippen LogP contribution in [-0.4, -0.2) is 49.4 Å². The van der Waals surface area contributed by atoms with Crippen molar-refractivity contribution in [3.8, 4) is 0 Å². The minimum atomic E-state index is 0.779. The summed E-state index contributed by atoms with van der Waals surface area (Å²) in [5, 5.41) is 3.47. The number of anilines is 4. The molecule has 1 aromatic carbocycles. The van der Waals surface area contributed by atoms with Gasteiger partial charge in [-0.05, 0) is 31.0 Å². The summed E-state index contributed by atoms with van der Waals surface area (Å²) in [4.78, 5) is 13.7. The molecule has 0 radical (unpaired) electrons. The number of para-hydroxylation sites is 2. The van der Waals surface area contributed by atoms with Gasteiger partial charge in [-0.2, -0.15) is 4.98 Å². The van der Waals surface area contributed by atoms with Crippen molar-refractivity contribution in [1.82, 2.24) is 9.97 Å². The first kappa shape index (κ1) is 15.2. The van der Waals surface area contributed by atoms with Crippen molar-refractivity contribution in [2.75, 3.05) is 54.5 Å². The first-order chi connectivity index (χ1) is 11.9. The van der Waals surface area contributed by atoms with Crippen LogP contribution in [0.2, 0.25) is 0 Å². The maximum atomic E-state index is 5.46. The molecule has 0 bridgehead atoms. The number of ether oxygens (including phenoxy) is 1. The lowest BCUT2D eigenvalue weighted by atomic mass is 10.2. The second-order valence-electron chi connectivity index (χ2n) is 6.18. The molecule has 6 nitrogen and oxygen atoms in total. The third-order valence-electron chi connectivity index (χ3n) is 4.55. The maximum Gasteiger partial charge on any atom is 0.227 e. The van der Waals surface area contributed by atoms with Crippen molar-refractivity contribution in [3.05, 3.63) is 36.5 Å². The SMILES string of the molecule is c1ccc(N2CCOCC2)c(Nc2ccnc(N3CCCC3)n2)c1. The summed E-state index contributed by atoms with van der Waals surface area (Å²) < 4.78 is 5.46. The summed E-state index contributed by atoms with van der Waals surface area (Å²) in [5.74, 6) is 1.66. The summed E-state index contributed by atoms with van der Waals surface area (Å²) in [6.45, 7) is 5.49. The fraction of sp³-hybridized carbons (Fsp3) is 0.444. The van der Waals surface area contributed by atoms with E-state index in [-0.39, 0.29) is 0 Å². The summed E-state index contributed by atoms with van der Waals surface area (Å²) in [6.07, 6.45) is 4.28. The van der Waals surface area contributed by atoms with Gasteiger partial charge in [-0.15, -0.1) is 0 Å². The van der Waals surface area contributed by atoms with E-state index in [0.29, 0.717) is 0 Å². The van der Waals surface area contributed by atoms with Crippen molar-refractivity contribution in [2.45, 2.75) is 12.8 Å². The molecule has 1 aromatic heterocycles. The molecular formula is C18H23N5O. The molecule has 2 aromatic rings. The Labute approximate surface area is 142 Å². The normalized spacial score (nSPS) is 18.0. The van der Waals surface area contributed by atoms with Crippen LogP contribution in [0.3, 0.4) is 0 Å². The molecule has 0 unspecified atom stereocenters. The molecule has 0 amide bonds. The van der Waals surface area contributed by atoms with E-state index in [2.05, 4.69) is 44.4 Å². The van der Waals surface area contributed by atoms with Gasteiger partial charge < -0.3 is 19.9 Å². The van der Waals surface area contributed by atoms with E-state index < -0.39 is 0 Å². The Morgan fingerprint density at radius 1 is 0.917 bits per heavy atom. The first-order valence-electron chi connectivity index (χ1n) is 8.67. The quantitative estimate of drug-likeness (QED) is 0.933. The molecule has 2 aliphatic heterocycles. The third-order valence-corrected chi connectivity index (χ3v) is 4.55. The van der Waals surface area contributed by atoms with Crippen molar-refractivity contribution in [3.63, 3.8) is 0 Å². The van der Waals surface area contributed by atoms with Gasteiger partial charge in [-0.3, -0.25) is 0 Å². The van der Waals surface area contributed by atoms with Crippen LogP contribution in [0.5, 0.6) is 0 Å². The van der Waals surface area contributed by atoms with Gasteiger partial charge in [-0.25, -0.2) is 4.98 Å². The van der Waals surface area contributed by atoms with E-state index in [1.165, 1.54) is 18.5 Å². The summed E-state index contributed by atoms with van der Waals surface area (Å²) >= 11 is 0. The number of hydrogen-bond donors (Lipinski definition) is 1. The van der Waals surface area contributed by atoms with Gasteiger partial charge in [0.15, 0.2) is 0 Å². The largest absolute Gasteiger partial charge is 0.378 e. The van der Waals surface area contributed by atoms with E-state index in [9.17, 15) is 0 Å². The first-order valence-corrected chi connectivity index (χ1v) is 8.67. The second kappa shape index (κ2) is 7.05. The lowest BCUT2D eigenvalue weighted by molar-refractivity contribution is 0.123. The highest BCUT2D eigenvalue weighted by atomic mass is 16.5. The van der Waals surface area contributed by atoms with Crippen LogP contribution in [0.4, 0.5) is 23.1 Å². The van der Waals surface area contributed by atoms with Crippen LogP contribution in [-0.2, 0) is 4.74 Å². The van der Waals surface area contributed by atoms with Gasteiger partial charge in [0.2, 0.25) is 5.95 Å². The highest BCUT2D eigenvalue weighted by molar-refractivity contribution is 5.74. The minimum absolute atomic E-state index is 0.779. The van der Waals surface area contributed by atoms with Crippen LogP contribution in [0, 0.1) is 0 Å². The second-order valence-corrected chi connectivity index (χ2v) is 6.18. The smallest absolute Gasteiger partial charge is 0.227 e. The van der Waals surface area contributed by atoms with Crippen LogP contribution < -0.4 is 15.1 Å². The molecular weight excluding hydrogens is 302 g/mol. The monoisotopic (exact) mass is 325 g/mol. The molecule has 24 heavy (non-hydrogen) atoms. The standard InChI is InChI=1S/C18H23N5O/c1-2-6-16(22-11-13-24-14-12-22)15(5-1)20-17-7-8-19-18(21-17)23-9-3-4-10-23/h1-2,5-8H,3-4,9-14H2,(H,19,20,21). The molecule has 2 saturated heterocycles. The van der Waals surface area contributed by atoms with Gasteiger partial charge >= 0.3 is 0 Å². The predicted octanol–water partition coefficient (Wildman–Crippen LogP) is 2.66. The zero-order valence-corrected chi connectivity index (χ0v) is 13.8. The number of aromatic nitrogens is 2. The Kier molecular flexibility index (Phi) is 4.46. The fourth-order valence-electron chi connectivity index (χ4n) is 3.28. The van der Waals surface area contributed by atoms with Crippen molar-refractivity contribution in [1.29, 1.82) is 0 Å². The van der Waals surface area contributed by atoms with Gasteiger partial charge in [0, 0.05) is 32.4 Å². The lowest BCUT2D eigenvalue weighted by Gasteiger charge is -2.30. The Morgan fingerprint density at radius 3 is 2.54 bits per heavy atom. The van der Waals surface area contributed by atoms with E-state index in [4.69, 9.17) is 9.72 Å². The van der Waals surface area contributed by atoms with Gasteiger partial charge in [0.25, 0.3) is 0 Å². The van der Waals surface area contributed by atoms with Crippen LogP contribution >= 0.6 is 0 Å². The van der Waals surface area contributed by atoms with E-state index in [1.807, 2.05) is 12.3 Å². The number of nitrogens with zero attached hydrogens (tertiary/aromatic N) is 4. The lowest BCUT2D eigenvalue weighted by Crippen LogP contribution is -2.36. The average molecular weight is 325 g/mol. The maximum absolute atomic E-state index is 5.46. The Bertz CT molecular complexity index is 681. The molecule has 2 fully saturated rings. The molecule has 2 aliphatic rings. The highest BCUT2D eigenvalue weighted by Gasteiger charge is 2.17. The van der Waals surface area contributed by atoms with E-state index in [1.54, 1.807) is 0 Å². The third kappa shape index (κ3) is 3.28. The highest BCUT2D eigenvalue weighted by Crippen LogP contribution is 2.29. The van der Waals surface area contributed by atoms with Gasteiger partial charge in [0.05, 0.1) is 24.6 Å². The van der Waals surface area contributed by atoms with Gasteiger partial charge in [0.1, 0.15) is 5.82 Å². The molecule has 6 heteroatoms. The van der Waals surface area contributed by atoms with Crippen molar-refractivity contribution >= 4 is 23.1 Å². The Morgan fingerprint density at radius 2 is 1.71 bits per heavy atom. The molecule has 0 aliphatic carbocycles. The van der Waals surface area contributed by atoms with Crippen LogP contribution in [0.15, 0.2) is 36.5 Å². The van der Waals surface area contributed by atoms with Crippen LogP contribution in [0.25, 0.3) is 0 Å². The zero-order chi connectivity index (χ0) is 16.2. The number of nitrogens with one attached hydrogen (secondary N) is 1. The molecule has 0 spiro atoms. The fourth-order valence-corrected chi connectivity index (χ4v) is 3.28. The van der Waals surface area contributed by atoms with Gasteiger partial charge in [-0.1, -0.05) is 12.1 Å². The summed E-state index contributed by atoms with van der Waals surface area (Å²) in [5.41, 5.74) is 2.27. The van der Waals surface area contributed by atoms with E-state index >= 15 is 0 Å². The molecule has 0 saturated carbocycles. The number of morpholine rings is 1. The molecule has 1 N–H and O–H groups in total. The zero-order valence-electron chi connectivity index (χ0n) is 13.8. The number of rotatable bonds is 4. The van der Waals surface area contributed by atoms with Crippen molar-refractivity contribution < 1.29 is 4.74 Å². The number of benzene rings is 1. The predicted molar refractivity (Wildman–Crippen MR) is 96.2 cm³/mol. The average Bonchev–Trinajstić information content (AvgIpc) is 3.18. The van der Waals surface area contributed by atoms with Crippen LogP contribution in [0.1, 0.15) is 12.8 Å². The molecule has 3 heterocycles. The Balaban J connectivity index is 1.56. The molecule has 0 atom stereocenters.